The molecule has 0 aromatic heterocycles. The molecule has 142 valence electrons. The number of hydrogen-bond donors (Lipinski definition) is 1. The Kier molecular flexibility index (Phi) is 5.79. The molecular weight excluding hydrogens is 340 g/mol. The van der Waals surface area contributed by atoms with Crippen LogP contribution in [0.3, 0.4) is 0 Å². The lowest BCUT2D eigenvalue weighted by molar-refractivity contribution is -0.126. The van der Waals surface area contributed by atoms with Crippen molar-refractivity contribution < 1.29 is 14.3 Å². The Labute approximate surface area is 160 Å². The summed E-state index contributed by atoms with van der Waals surface area (Å²) in [6.07, 6.45) is 0.623. The number of nitrogens with one attached hydrogen (secondary N) is 1. The molecule has 0 aliphatic carbocycles. The molecule has 1 aliphatic heterocycles. The van der Waals surface area contributed by atoms with Gasteiger partial charge in [-0.1, -0.05) is 50.2 Å². The maximum absolute atomic E-state index is 13.0. The minimum atomic E-state index is -0.486. The van der Waals surface area contributed by atoms with E-state index in [-0.39, 0.29) is 11.8 Å². The smallest absolute Gasteiger partial charge is 0.255 e. The van der Waals surface area contributed by atoms with E-state index in [1.807, 2.05) is 48.5 Å². The molecule has 1 atom stereocenters. The summed E-state index contributed by atoms with van der Waals surface area (Å²) in [4.78, 5) is 27.5. The largest absolute Gasteiger partial charge is 0.496 e. The molecule has 5 nitrogen and oxygen atoms in total. The van der Waals surface area contributed by atoms with Gasteiger partial charge in [-0.05, 0) is 30.0 Å². The van der Waals surface area contributed by atoms with E-state index in [0.717, 1.165) is 16.9 Å². The highest BCUT2D eigenvalue weighted by Gasteiger charge is 2.36. The lowest BCUT2D eigenvalue weighted by Gasteiger charge is -2.28. The van der Waals surface area contributed by atoms with Crippen LogP contribution in [0.4, 0.5) is 0 Å². The fourth-order valence-corrected chi connectivity index (χ4v) is 3.50. The lowest BCUT2D eigenvalue weighted by Crippen LogP contribution is -2.47. The number of rotatable bonds is 7. The van der Waals surface area contributed by atoms with Crippen LogP contribution in [0.5, 0.6) is 5.75 Å². The van der Waals surface area contributed by atoms with E-state index in [2.05, 4.69) is 19.2 Å². The minimum absolute atomic E-state index is 0.0660. The molecule has 2 aromatic rings. The number of carbonyl (C=O) groups is 2. The topological polar surface area (TPSA) is 58.6 Å². The minimum Gasteiger partial charge on any atom is -0.496 e. The fourth-order valence-electron chi connectivity index (χ4n) is 3.50. The van der Waals surface area contributed by atoms with Crippen LogP contribution in [0.1, 0.15) is 41.8 Å². The Morgan fingerprint density at radius 1 is 1.15 bits per heavy atom. The molecule has 3 rings (SSSR count). The summed E-state index contributed by atoms with van der Waals surface area (Å²) in [6.45, 7) is 4.98. The average molecular weight is 366 g/mol. The van der Waals surface area contributed by atoms with Crippen LogP contribution >= 0.6 is 0 Å². The van der Waals surface area contributed by atoms with Gasteiger partial charge in [0.15, 0.2) is 0 Å². The van der Waals surface area contributed by atoms with Crippen molar-refractivity contribution in [1.29, 1.82) is 0 Å². The number of fused-ring (bicyclic) bond motifs is 1. The standard InChI is InChI=1S/C22H26N2O3/c1-15(2)12-19(24-14-17-9-4-6-10-18(17)22(24)26)21(25)23-13-16-8-5-7-11-20(16)27-3/h4-11,15,19H,12-14H2,1-3H3,(H,23,25)/t19-/m1/s1. The molecule has 1 aliphatic rings. The number of benzene rings is 2. The maximum Gasteiger partial charge on any atom is 0.255 e. The van der Waals surface area contributed by atoms with E-state index in [1.165, 1.54) is 0 Å². The summed E-state index contributed by atoms with van der Waals surface area (Å²) in [5, 5.41) is 2.99. The summed E-state index contributed by atoms with van der Waals surface area (Å²) in [5.74, 6) is 0.839. The summed E-state index contributed by atoms with van der Waals surface area (Å²) in [7, 11) is 1.61. The molecule has 0 bridgehead atoms. The Hall–Kier alpha value is -2.82. The van der Waals surface area contributed by atoms with Gasteiger partial charge in [0.2, 0.25) is 5.91 Å². The van der Waals surface area contributed by atoms with Gasteiger partial charge in [0.05, 0.1) is 7.11 Å². The van der Waals surface area contributed by atoms with Gasteiger partial charge in [-0.2, -0.15) is 0 Å². The first-order valence-electron chi connectivity index (χ1n) is 9.29. The van der Waals surface area contributed by atoms with Crippen molar-refractivity contribution in [2.75, 3.05) is 7.11 Å². The number of hydrogen-bond acceptors (Lipinski definition) is 3. The van der Waals surface area contributed by atoms with E-state index >= 15 is 0 Å². The van der Waals surface area contributed by atoms with Crippen LogP contribution < -0.4 is 10.1 Å². The second-order valence-electron chi connectivity index (χ2n) is 7.27. The van der Waals surface area contributed by atoms with Crippen LogP contribution in [-0.2, 0) is 17.9 Å². The zero-order chi connectivity index (χ0) is 19.4. The maximum atomic E-state index is 13.0. The molecule has 0 fully saturated rings. The van der Waals surface area contributed by atoms with E-state index in [1.54, 1.807) is 12.0 Å². The molecule has 0 unspecified atom stereocenters. The first-order chi connectivity index (χ1) is 13.0. The molecular formula is C22H26N2O3. The van der Waals surface area contributed by atoms with Crippen LogP contribution in [0.15, 0.2) is 48.5 Å². The molecule has 2 amide bonds. The molecule has 2 aromatic carbocycles. The van der Waals surface area contributed by atoms with Gasteiger partial charge in [0.25, 0.3) is 5.91 Å². The third kappa shape index (κ3) is 4.13. The Bertz CT molecular complexity index is 832. The van der Waals surface area contributed by atoms with Crippen molar-refractivity contribution in [2.45, 2.75) is 39.4 Å². The number of nitrogens with zero attached hydrogens (tertiary/aromatic N) is 1. The van der Waals surface area contributed by atoms with Crippen LogP contribution in [-0.4, -0.2) is 29.9 Å². The number of amides is 2. The second kappa shape index (κ2) is 8.25. The zero-order valence-electron chi connectivity index (χ0n) is 16.1. The SMILES string of the molecule is COc1ccccc1CNC(=O)[C@@H](CC(C)C)N1Cc2ccccc2C1=O. The Morgan fingerprint density at radius 3 is 2.56 bits per heavy atom. The van der Waals surface area contributed by atoms with Gasteiger partial charge in [0, 0.05) is 24.2 Å². The van der Waals surface area contributed by atoms with Crippen molar-refractivity contribution in [3.8, 4) is 5.75 Å². The summed E-state index contributed by atoms with van der Waals surface area (Å²) < 4.78 is 5.35. The highest BCUT2D eigenvalue weighted by atomic mass is 16.5. The Morgan fingerprint density at radius 2 is 1.85 bits per heavy atom. The second-order valence-corrected chi connectivity index (χ2v) is 7.27. The molecule has 27 heavy (non-hydrogen) atoms. The Balaban J connectivity index is 1.75. The van der Waals surface area contributed by atoms with Crippen LogP contribution in [0.2, 0.25) is 0 Å². The fraction of sp³-hybridized carbons (Fsp3) is 0.364. The van der Waals surface area contributed by atoms with Crippen molar-refractivity contribution in [3.63, 3.8) is 0 Å². The zero-order valence-corrected chi connectivity index (χ0v) is 16.1. The molecule has 1 heterocycles. The number of para-hydroxylation sites is 1. The lowest BCUT2D eigenvalue weighted by atomic mass is 10.0. The van der Waals surface area contributed by atoms with Crippen molar-refractivity contribution in [3.05, 3.63) is 65.2 Å². The van der Waals surface area contributed by atoms with E-state index in [4.69, 9.17) is 4.74 Å². The highest BCUT2D eigenvalue weighted by molar-refractivity contribution is 6.01. The molecule has 1 N–H and O–H groups in total. The quantitative estimate of drug-likeness (QED) is 0.817. The van der Waals surface area contributed by atoms with Crippen LogP contribution in [0.25, 0.3) is 0 Å². The summed E-state index contributed by atoms with van der Waals surface area (Å²) in [5.41, 5.74) is 2.59. The van der Waals surface area contributed by atoms with E-state index < -0.39 is 6.04 Å². The van der Waals surface area contributed by atoms with Gasteiger partial charge >= 0.3 is 0 Å². The molecule has 0 radical (unpaired) electrons. The average Bonchev–Trinajstić information content (AvgIpc) is 3.01. The van der Waals surface area contributed by atoms with Gasteiger partial charge in [-0.3, -0.25) is 9.59 Å². The molecule has 5 heteroatoms. The monoisotopic (exact) mass is 366 g/mol. The first kappa shape index (κ1) is 19.0. The van der Waals surface area contributed by atoms with Crippen LogP contribution in [0, 0.1) is 5.92 Å². The normalized spacial score (nSPS) is 14.2. The van der Waals surface area contributed by atoms with Gasteiger partial charge < -0.3 is 15.0 Å². The predicted octanol–water partition coefficient (Wildman–Crippen LogP) is 3.38. The summed E-state index contributed by atoms with van der Waals surface area (Å²) in [6, 6.07) is 14.7. The molecule has 0 saturated heterocycles. The molecule has 0 spiro atoms. The third-order valence-electron chi connectivity index (χ3n) is 4.87. The van der Waals surface area contributed by atoms with Crippen molar-refractivity contribution in [1.82, 2.24) is 10.2 Å². The van der Waals surface area contributed by atoms with Crippen molar-refractivity contribution in [2.24, 2.45) is 5.92 Å². The predicted molar refractivity (Wildman–Crippen MR) is 104 cm³/mol. The van der Waals surface area contributed by atoms with E-state index in [0.29, 0.717) is 31.0 Å². The first-order valence-corrected chi connectivity index (χ1v) is 9.29. The summed E-state index contributed by atoms with van der Waals surface area (Å²) >= 11 is 0. The third-order valence-corrected chi connectivity index (χ3v) is 4.87. The van der Waals surface area contributed by atoms with E-state index in [9.17, 15) is 9.59 Å². The molecule has 0 saturated carbocycles. The number of ether oxygens (including phenoxy) is 1. The van der Waals surface area contributed by atoms with Gasteiger partial charge in [-0.15, -0.1) is 0 Å². The van der Waals surface area contributed by atoms with Crippen molar-refractivity contribution >= 4 is 11.8 Å². The number of methoxy groups -OCH3 is 1. The highest BCUT2D eigenvalue weighted by Crippen LogP contribution is 2.27. The number of carbonyl (C=O) groups excluding carboxylic acids is 2. The van der Waals surface area contributed by atoms with Gasteiger partial charge in [0.1, 0.15) is 11.8 Å². The van der Waals surface area contributed by atoms with Gasteiger partial charge in [-0.25, -0.2) is 0 Å².